The molecular formula is C23H17BrN6O4. The number of phenolic OH excluding ortho intramolecular Hbond substituents is 1. The lowest BCUT2D eigenvalue weighted by molar-refractivity contribution is -0.384. The molecule has 2 amide bonds. The van der Waals surface area contributed by atoms with Crippen LogP contribution in [-0.2, 0) is 0 Å². The summed E-state index contributed by atoms with van der Waals surface area (Å²) < 4.78 is 2.49. The van der Waals surface area contributed by atoms with Crippen molar-refractivity contribution < 1.29 is 14.8 Å². The van der Waals surface area contributed by atoms with E-state index >= 15 is 0 Å². The molecule has 0 unspecified atom stereocenters. The Bertz CT molecular complexity index is 1350. The number of aromatic hydroxyl groups is 1. The molecule has 10 nitrogen and oxygen atoms in total. The molecule has 1 heterocycles. The van der Waals surface area contributed by atoms with Crippen LogP contribution in [0.25, 0.3) is 16.9 Å². The molecule has 0 radical (unpaired) electrons. The largest absolute Gasteiger partial charge is 0.508 e. The van der Waals surface area contributed by atoms with Gasteiger partial charge in [0.15, 0.2) is 0 Å². The lowest BCUT2D eigenvalue weighted by Crippen LogP contribution is -2.24. The highest BCUT2D eigenvalue weighted by Crippen LogP contribution is 2.25. The fourth-order valence-electron chi connectivity index (χ4n) is 3.04. The molecule has 0 aliphatic carbocycles. The number of carbonyl (C=O) groups is 1. The molecule has 0 spiro atoms. The van der Waals surface area contributed by atoms with E-state index in [1.54, 1.807) is 35.1 Å². The van der Waals surface area contributed by atoms with E-state index in [9.17, 15) is 20.0 Å². The van der Waals surface area contributed by atoms with Crippen LogP contribution >= 0.6 is 15.9 Å². The van der Waals surface area contributed by atoms with Gasteiger partial charge in [-0.1, -0.05) is 28.1 Å². The molecule has 0 fully saturated rings. The minimum atomic E-state index is -0.560. The Kier molecular flexibility index (Phi) is 6.64. The number of nitrogens with one attached hydrogen (secondary N) is 2. The van der Waals surface area contributed by atoms with Crippen LogP contribution in [0.4, 0.5) is 16.2 Å². The van der Waals surface area contributed by atoms with Crippen molar-refractivity contribution in [2.45, 2.75) is 0 Å². The van der Waals surface area contributed by atoms with Gasteiger partial charge in [0.1, 0.15) is 11.4 Å². The quantitative estimate of drug-likeness (QED) is 0.141. The van der Waals surface area contributed by atoms with Crippen molar-refractivity contribution in [1.29, 1.82) is 0 Å². The summed E-state index contributed by atoms with van der Waals surface area (Å²) in [5.74, 6) is 0.0921. The van der Waals surface area contributed by atoms with Gasteiger partial charge in [-0.2, -0.15) is 10.2 Å². The van der Waals surface area contributed by atoms with E-state index in [1.807, 2.05) is 24.3 Å². The molecule has 0 atom stereocenters. The summed E-state index contributed by atoms with van der Waals surface area (Å²) in [4.78, 5) is 22.6. The maximum atomic E-state index is 12.1. The molecule has 0 saturated heterocycles. The van der Waals surface area contributed by atoms with E-state index in [4.69, 9.17) is 0 Å². The average Bonchev–Trinajstić information content (AvgIpc) is 3.25. The van der Waals surface area contributed by atoms with Crippen LogP contribution in [0.2, 0.25) is 0 Å². The average molecular weight is 521 g/mol. The second-order valence-electron chi connectivity index (χ2n) is 7.03. The number of nitrogens with zero attached hydrogens (tertiary/aromatic N) is 4. The van der Waals surface area contributed by atoms with Crippen LogP contribution in [0, 0.1) is 10.1 Å². The summed E-state index contributed by atoms with van der Waals surface area (Å²) in [6.07, 6.45) is 3.17. The van der Waals surface area contributed by atoms with Gasteiger partial charge in [-0.3, -0.25) is 10.1 Å². The number of rotatable bonds is 6. The highest BCUT2D eigenvalue weighted by molar-refractivity contribution is 9.10. The summed E-state index contributed by atoms with van der Waals surface area (Å²) in [6, 6.07) is 19.0. The molecule has 4 aromatic rings. The van der Waals surface area contributed by atoms with Gasteiger partial charge in [0.2, 0.25) is 0 Å². The number of halogens is 1. The third-order valence-electron chi connectivity index (χ3n) is 4.68. The number of hydrazone groups is 1. The zero-order valence-electron chi connectivity index (χ0n) is 17.4. The third-order valence-corrected chi connectivity index (χ3v) is 5.21. The summed E-state index contributed by atoms with van der Waals surface area (Å²) in [7, 11) is 0. The van der Waals surface area contributed by atoms with Crippen LogP contribution in [-0.4, -0.2) is 32.1 Å². The van der Waals surface area contributed by atoms with Gasteiger partial charge in [0.25, 0.3) is 5.69 Å². The Morgan fingerprint density at radius 2 is 1.74 bits per heavy atom. The number of hydrogen-bond acceptors (Lipinski definition) is 6. The van der Waals surface area contributed by atoms with Gasteiger partial charge in [-0.05, 0) is 48.5 Å². The number of nitro benzene ring substituents is 1. The lowest BCUT2D eigenvalue weighted by Gasteiger charge is -2.04. The normalized spacial score (nSPS) is 10.9. The first kappa shape index (κ1) is 22.7. The monoisotopic (exact) mass is 520 g/mol. The number of non-ortho nitro benzene ring substituents is 1. The Hall–Kier alpha value is -4.51. The first-order chi connectivity index (χ1) is 16.4. The van der Waals surface area contributed by atoms with Gasteiger partial charge in [0, 0.05) is 39.6 Å². The fourth-order valence-corrected chi connectivity index (χ4v) is 3.30. The summed E-state index contributed by atoms with van der Waals surface area (Å²) in [5.41, 5.74) is 5.53. The van der Waals surface area contributed by atoms with Crippen molar-refractivity contribution in [1.82, 2.24) is 15.2 Å². The van der Waals surface area contributed by atoms with E-state index in [-0.39, 0.29) is 11.4 Å². The third kappa shape index (κ3) is 5.45. The van der Waals surface area contributed by atoms with Gasteiger partial charge in [-0.15, -0.1) is 0 Å². The highest BCUT2D eigenvalue weighted by Gasteiger charge is 2.13. The van der Waals surface area contributed by atoms with E-state index in [2.05, 4.69) is 36.9 Å². The highest BCUT2D eigenvalue weighted by atomic mass is 79.9. The van der Waals surface area contributed by atoms with Crippen LogP contribution in [0.5, 0.6) is 5.75 Å². The van der Waals surface area contributed by atoms with E-state index in [0.717, 1.165) is 10.0 Å². The predicted octanol–water partition coefficient (Wildman–Crippen LogP) is 5.07. The number of anilines is 1. The van der Waals surface area contributed by atoms with Crippen molar-refractivity contribution >= 4 is 39.6 Å². The number of nitro groups is 1. The van der Waals surface area contributed by atoms with Gasteiger partial charge < -0.3 is 10.4 Å². The fraction of sp³-hybridized carbons (Fsp3) is 0. The molecule has 3 N–H and O–H groups in total. The minimum Gasteiger partial charge on any atom is -0.508 e. The number of aromatic nitrogens is 2. The van der Waals surface area contributed by atoms with Crippen LogP contribution in [0.15, 0.2) is 88.6 Å². The predicted molar refractivity (Wildman–Crippen MR) is 131 cm³/mol. The lowest BCUT2D eigenvalue weighted by atomic mass is 10.1. The minimum absolute atomic E-state index is 0.0188. The van der Waals surface area contributed by atoms with Gasteiger partial charge >= 0.3 is 6.03 Å². The first-order valence-corrected chi connectivity index (χ1v) is 10.7. The van der Waals surface area contributed by atoms with E-state index in [1.165, 1.54) is 30.5 Å². The Morgan fingerprint density at radius 1 is 1.06 bits per heavy atom. The summed E-state index contributed by atoms with van der Waals surface area (Å²) in [6.45, 7) is 0. The van der Waals surface area contributed by atoms with Crippen molar-refractivity contribution in [3.63, 3.8) is 0 Å². The maximum Gasteiger partial charge on any atom is 0.339 e. The molecule has 3 aromatic carbocycles. The molecule has 34 heavy (non-hydrogen) atoms. The number of benzene rings is 3. The number of hydrogen-bond donors (Lipinski definition) is 3. The number of carbonyl (C=O) groups excluding carboxylic acids is 1. The topological polar surface area (TPSA) is 135 Å². The number of amides is 2. The summed E-state index contributed by atoms with van der Waals surface area (Å²) in [5, 5.41) is 31.5. The molecule has 11 heteroatoms. The van der Waals surface area contributed by atoms with E-state index in [0.29, 0.717) is 22.6 Å². The number of phenols is 1. The molecule has 0 aliphatic rings. The second kappa shape index (κ2) is 9.96. The molecule has 0 aliphatic heterocycles. The zero-order valence-corrected chi connectivity index (χ0v) is 19.0. The first-order valence-electron chi connectivity index (χ1n) is 9.88. The van der Waals surface area contributed by atoms with Gasteiger partial charge in [0.05, 0.1) is 16.8 Å². The van der Waals surface area contributed by atoms with Crippen molar-refractivity contribution in [3.05, 3.63) is 99.1 Å². The molecule has 0 saturated carbocycles. The second-order valence-corrected chi connectivity index (χ2v) is 7.94. The maximum absolute atomic E-state index is 12.1. The Morgan fingerprint density at radius 3 is 2.38 bits per heavy atom. The van der Waals surface area contributed by atoms with Crippen LogP contribution < -0.4 is 10.7 Å². The van der Waals surface area contributed by atoms with Crippen molar-refractivity contribution in [3.8, 4) is 22.7 Å². The molecule has 4 rings (SSSR count). The standard InChI is InChI=1S/C23H17BrN6O4/c24-17-3-1-15(2-4-17)22-16(13-25-27-23(32)26-18-5-11-21(31)12-6-18)14-29(28-22)19-7-9-20(10-8-19)30(33)34/h1-14,31H,(H2,26,27,32)/b25-13+. The molecular weight excluding hydrogens is 504 g/mol. The van der Waals surface area contributed by atoms with E-state index < -0.39 is 11.0 Å². The Balaban J connectivity index is 1.58. The van der Waals surface area contributed by atoms with Crippen molar-refractivity contribution in [2.24, 2.45) is 5.10 Å². The summed E-state index contributed by atoms with van der Waals surface area (Å²) >= 11 is 3.41. The van der Waals surface area contributed by atoms with Crippen LogP contribution in [0.3, 0.4) is 0 Å². The van der Waals surface area contributed by atoms with Gasteiger partial charge in [-0.25, -0.2) is 14.9 Å². The smallest absolute Gasteiger partial charge is 0.339 e. The Labute approximate surface area is 201 Å². The molecule has 1 aromatic heterocycles. The molecule has 0 bridgehead atoms. The number of urea groups is 1. The zero-order chi connectivity index (χ0) is 24.1. The van der Waals surface area contributed by atoms with Crippen molar-refractivity contribution in [2.75, 3.05) is 5.32 Å². The molecule has 170 valence electrons. The SMILES string of the molecule is O=C(N/N=C/c1cn(-c2ccc([N+](=O)[O-])cc2)nc1-c1ccc(Br)cc1)Nc1ccc(O)cc1. The van der Waals surface area contributed by atoms with Crippen LogP contribution in [0.1, 0.15) is 5.56 Å².